The van der Waals surface area contributed by atoms with E-state index in [2.05, 4.69) is 0 Å². The first-order valence-corrected chi connectivity index (χ1v) is 10.4. The predicted octanol–water partition coefficient (Wildman–Crippen LogP) is 1.86. The van der Waals surface area contributed by atoms with Crippen LogP contribution in [0.4, 0.5) is 0 Å². The summed E-state index contributed by atoms with van der Waals surface area (Å²) in [5.74, 6) is -0.343. The van der Waals surface area contributed by atoms with Gasteiger partial charge in [-0.1, -0.05) is 0 Å². The molecule has 1 fully saturated rings. The summed E-state index contributed by atoms with van der Waals surface area (Å²) in [6, 6.07) is 3.95. The number of amides is 2. The van der Waals surface area contributed by atoms with E-state index in [-0.39, 0.29) is 34.8 Å². The molecule has 1 aromatic carbocycles. The van der Waals surface area contributed by atoms with Crippen molar-refractivity contribution in [1.82, 2.24) is 9.21 Å². The number of nitrogens with zero attached hydrogens (tertiary/aromatic N) is 2. The third-order valence-corrected chi connectivity index (χ3v) is 7.23. The highest BCUT2D eigenvalue weighted by Gasteiger charge is 2.43. The van der Waals surface area contributed by atoms with Crippen LogP contribution >= 0.6 is 12.4 Å². The molecule has 1 saturated heterocycles. The van der Waals surface area contributed by atoms with Gasteiger partial charge in [0.2, 0.25) is 0 Å². The highest BCUT2D eigenvalue weighted by molar-refractivity contribution is 7.90. The number of carbonyl (C=O) groups excluding carboxylic acids is 2. The Hall–Kier alpha value is -1.64. The van der Waals surface area contributed by atoms with E-state index in [1.54, 1.807) is 18.7 Å². The van der Waals surface area contributed by atoms with Crippen molar-refractivity contribution in [3.8, 4) is 0 Å². The zero-order valence-electron chi connectivity index (χ0n) is 15.7. The van der Waals surface area contributed by atoms with Crippen molar-refractivity contribution in [2.45, 2.75) is 50.6 Å². The Morgan fingerprint density at radius 2 is 1.78 bits per heavy atom. The molecule has 7 nitrogen and oxygen atoms in total. The fourth-order valence-electron chi connectivity index (χ4n) is 3.70. The highest BCUT2D eigenvalue weighted by Crippen LogP contribution is 2.33. The van der Waals surface area contributed by atoms with Crippen LogP contribution in [-0.2, 0) is 10.0 Å². The van der Waals surface area contributed by atoms with Gasteiger partial charge in [-0.25, -0.2) is 12.7 Å². The molecule has 1 aromatic rings. The van der Waals surface area contributed by atoms with Crippen LogP contribution in [0.15, 0.2) is 23.1 Å². The predicted molar refractivity (Wildman–Crippen MR) is 104 cm³/mol. The van der Waals surface area contributed by atoms with E-state index in [0.717, 1.165) is 17.1 Å². The second kappa shape index (κ2) is 7.77. The van der Waals surface area contributed by atoms with Gasteiger partial charge in [-0.3, -0.25) is 9.59 Å². The second-order valence-corrected chi connectivity index (χ2v) is 9.18. The third kappa shape index (κ3) is 3.70. The van der Waals surface area contributed by atoms with Gasteiger partial charge in [-0.15, -0.1) is 12.4 Å². The number of piperidine rings is 1. The molecular weight excluding hydrogens is 390 g/mol. The fourth-order valence-corrected chi connectivity index (χ4v) is 5.50. The minimum Gasteiger partial charge on any atom is -0.339 e. The monoisotopic (exact) mass is 415 g/mol. The quantitative estimate of drug-likeness (QED) is 0.811. The van der Waals surface area contributed by atoms with Gasteiger partial charge in [0.1, 0.15) is 4.90 Å². The maximum atomic E-state index is 12.8. The lowest BCUT2D eigenvalue weighted by atomic mass is 9.90. The zero-order chi connectivity index (χ0) is 19.2. The summed E-state index contributed by atoms with van der Waals surface area (Å²) in [6.45, 7) is 6.48. The van der Waals surface area contributed by atoms with Crippen LogP contribution in [0, 0.1) is 5.92 Å². The van der Waals surface area contributed by atoms with Crippen LogP contribution in [0.3, 0.4) is 0 Å². The van der Waals surface area contributed by atoms with E-state index in [1.807, 2.05) is 6.92 Å². The fraction of sp³-hybridized carbons (Fsp3) is 0.556. The molecule has 0 aliphatic carbocycles. The molecular formula is C18H26ClN3O4S. The summed E-state index contributed by atoms with van der Waals surface area (Å²) < 4.78 is 26.2. The topological polar surface area (TPSA) is 101 Å². The molecule has 150 valence electrons. The number of likely N-dealkylation sites (tertiary alicyclic amines) is 1. The Morgan fingerprint density at radius 1 is 1.19 bits per heavy atom. The minimum absolute atomic E-state index is 0. The first kappa shape index (κ1) is 21.7. The molecule has 3 rings (SSSR count). The van der Waals surface area contributed by atoms with E-state index in [4.69, 9.17) is 5.73 Å². The van der Waals surface area contributed by atoms with Gasteiger partial charge in [0.15, 0.2) is 0 Å². The number of sulfonamides is 1. The number of rotatable bonds is 3. The second-order valence-electron chi connectivity index (χ2n) is 7.40. The molecule has 1 atom stereocenters. The molecule has 2 aliphatic rings. The van der Waals surface area contributed by atoms with Crippen molar-refractivity contribution in [1.29, 1.82) is 0 Å². The summed E-state index contributed by atoms with van der Waals surface area (Å²) >= 11 is 0. The van der Waals surface area contributed by atoms with Gasteiger partial charge in [0.25, 0.3) is 21.8 Å². The average Bonchev–Trinajstić information content (AvgIpc) is 2.80. The number of halogens is 1. The Labute approximate surface area is 166 Å². The normalized spacial score (nSPS) is 20.4. The zero-order valence-corrected chi connectivity index (χ0v) is 17.3. The van der Waals surface area contributed by atoms with E-state index < -0.39 is 22.0 Å². The van der Waals surface area contributed by atoms with E-state index >= 15 is 0 Å². The van der Waals surface area contributed by atoms with Crippen LogP contribution in [0.1, 0.15) is 54.3 Å². The Bertz CT molecular complexity index is 846. The highest BCUT2D eigenvalue weighted by atomic mass is 35.5. The molecule has 0 saturated carbocycles. The molecule has 2 N–H and O–H groups in total. The first-order valence-electron chi connectivity index (χ1n) is 8.92. The van der Waals surface area contributed by atoms with Gasteiger partial charge in [0, 0.05) is 30.7 Å². The number of fused-ring (bicyclic) bond motifs is 1. The van der Waals surface area contributed by atoms with E-state index in [1.165, 1.54) is 18.2 Å². The molecule has 2 aliphatic heterocycles. The van der Waals surface area contributed by atoms with Crippen molar-refractivity contribution in [3.05, 3.63) is 29.3 Å². The summed E-state index contributed by atoms with van der Waals surface area (Å²) in [5.41, 5.74) is 6.36. The lowest BCUT2D eigenvalue weighted by Crippen LogP contribution is -2.42. The Kier molecular flexibility index (Phi) is 6.23. The van der Waals surface area contributed by atoms with Gasteiger partial charge in [-0.05, 0) is 57.7 Å². The number of hydrogen-bond acceptors (Lipinski definition) is 5. The Morgan fingerprint density at radius 3 is 2.30 bits per heavy atom. The van der Waals surface area contributed by atoms with E-state index in [9.17, 15) is 18.0 Å². The molecule has 0 spiro atoms. The molecule has 2 amide bonds. The molecule has 9 heteroatoms. The molecule has 0 aromatic heterocycles. The smallest absolute Gasteiger partial charge is 0.269 e. The Balaban J connectivity index is 0.00000261. The van der Waals surface area contributed by atoms with Crippen LogP contribution in [0.2, 0.25) is 0 Å². The third-order valence-electron chi connectivity index (χ3n) is 5.24. The van der Waals surface area contributed by atoms with Gasteiger partial charge < -0.3 is 10.6 Å². The maximum Gasteiger partial charge on any atom is 0.269 e. The summed E-state index contributed by atoms with van der Waals surface area (Å²) in [7, 11) is -3.91. The van der Waals surface area contributed by atoms with Crippen LogP contribution in [0.5, 0.6) is 0 Å². The lowest BCUT2D eigenvalue weighted by molar-refractivity contribution is 0.0680. The van der Waals surface area contributed by atoms with Gasteiger partial charge in [-0.2, -0.15) is 0 Å². The lowest BCUT2D eigenvalue weighted by Gasteiger charge is -2.33. The molecule has 0 radical (unpaired) electrons. The molecule has 0 bridgehead atoms. The summed E-state index contributed by atoms with van der Waals surface area (Å²) in [4.78, 5) is 26.8. The molecule has 1 unspecified atom stereocenters. The van der Waals surface area contributed by atoms with Crippen molar-refractivity contribution >= 4 is 34.2 Å². The van der Waals surface area contributed by atoms with Gasteiger partial charge >= 0.3 is 0 Å². The largest absolute Gasteiger partial charge is 0.339 e. The van der Waals surface area contributed by atoms with Crippen molar-refractivity contribution in [3.63, 3.8) is 0 Å². The molecule has 27 heavy (non-hydrogen) atoms. The van der Waals surface area contributed by atoms with Crippen molar-refractivity contribution in [2.24, 2.45) is 11.7 Å². The number of carbonyl (C=O) groups is 2. The summed E-state index contributed by atoms with van der Waals surface area (Å²) in [5, 5.41) is 0. The number of nitrogens with two attached hydrogens (primary N) is 1. The first-order chi connectivity index (χ1) is 12.1. The van der Waals surface area contributed by atoms with Crippen molar-refractivity contribution in [2.75, 3.05) is 13.1 Å². The molecule has 2 heterocycles. The SMILES string of the molecule is CC(N)C1CCN(C(=O)c2ccc3c(c2)S(=O)(=O)N(C(C)C)C3=O)CC1.Cl. The minimum atomic E-state index is -3.91. The average molecular weight is 416 g/mol. The number of hydrogen-bond donors (Lipinski definition) is 1. The number of benzene rings is 1. The van der Waals surface area contributed by atoms with Gasteiger partial charge in [0.05, 0.1) is 5.56 Å². The van der Waals surface area contributed by atoms with E-state index in [0.29, 0.717) is 24.6 Å². The van der Waals surface area contributed by atoms with Crippen LogP contribution in [0.25, 0.3) is 0 Å². The summed E-state index contributed by atoms with van der Waals surface area (Å²) in [6.07, 6.45) is 1.68. The van der Waals surface area contributed by atoms with Crippen LogP contribution < -0.4 is 5.73 Å². The van der Waals surface area contributed by atoms with Crippen molar-refractivity contribution < 1.29 is 18.0 Å². The standard InChI is InChI=1S/C18H25N3O4S.ClH/c1-11(2)21-18(23)15-5-4-14(10-16(15)26(21,24)25)17(22)20-8-6-13(7-9-20)12(3)19;/h4-5,10-13H,6-9,19H2,1-3H3;1H. The van der Waals surface area contributed by atoms with Crippen LogP contribution in [-0.4, -0.2) is 54.6 Å². The maximum absolute atomic E-state index is 12.8.